The van der Waals surface area contributed by atoms with Crippen LogP contribution in [0, 0.1) is 0 Å². The Morgan fingerprint density at radius 2 is 1.85 bits per heavy atom. The Labute approximate surface area is 153 Å². The highest BCUT2D eigenvalue weighted by molar-refractivity contribution is 7.18. The van der Waals surface area contributed by atoms with Crippen molar-refractivity contribution in [2.24, 2.45) is 0 Å². The SMILES string of the molecule is O=C1c2ccccc2C(=O)N1CCOc1ncnc2sc3c(c12)CCC3. The summed E-state index contributed by atoms with van der Waals surface area (Å²) in [5, 5.41) is 0.993. The first-order chi connectivity index (χ1) is 12.7. The van der Waals surface area contributed by atoms with Crippen molar-refractivity contribution in [3.63, 3.8) is 0 Å². The molecule has 1 aromatic carbocycles. The maximum atomic E-state index is 12.4. The number of hydrogen-bond acceptors (Lipinski definition) is 6. The minimum atomic E-state index is -0.265. The Kier molecular flexibility index (Phi) is 3.49. The summed E-state index contributed by atoms with van der Waals surface area (Å²) in [4.78, 5) is 37.0. The largest absolute Gasteiger partial charge is 0.475 e. The molecule has 0 atom stereocenters. The van der Waals surface area contributed by atoms with Gasteiger partial charge in [0.15, 0.2) is 0 Å². The number of amides is 2. The summed E-state index contributed by atoms with van der Waals surface area (Å²) in [7, 11) is 0. The molecule has 2 aromatic heterocycles. The molecule has 0 saturated carbocycles. The summed E-state index contributed by atoms with van der Waals surface area (Å²) in [6.45, 7) is 0.409. The molecule has 0 fully saturated rings. The predicted molar refractivity (Wildman–Crippen MR) is 96.7 cm³/mol. The minimum Gasteiger partial charge on any atom is -0.475 e. The van der Waals surface area contributed by atoms with Crippen LogP contribution in [-0.2, 0) is 12.8 Å². The number of rotatable bonds is 4. The first-order valence-corrected chi connectivity index (χ1v) is 9.39. The molecular formula is C19H15N3O3S. The van der Waals surface area contributed by atoms with E-state index in [-0.39, 0.29) is 25.0 Å². The number of aryl methyl sites for hydroxylation is 2. The van der Waals surface area contributed by atoms with Gasteiger partial charge in [0, 0.05) is 4.88 Å². The van der Waals surface area contributed by atoms with E-state index < -0.39 is 0 Å². The van der Waals surface area contributed by atoms with Gasteiger partial charge in [0.2, 0.25) is 5.88 Å². The zero-order valence-corrected chi connectivity index (χ0v) is 14.7. The normalized spacial score (nSPS) is 15.6. The summed E-state index contributed by atoms with van der Waals surface area (Å²) < 4.78 is 5.87. The lowest BCUT2D eigenvalue weighted by atomic mass is 10.1. The topological polar surface area (TPSA) is 72.4 Å². The number of carbonyl (C=O) groups excluding carboxylic acids is 2. The Balaban J connectivity index is 1.35. The van der Waals surface area contributed by atoms with Gasteiger partial charge in [0.25, 0.3) is 11.8 Å². The van der Waals surface area contributed by atoms with Gasteiger partial charge in [0.1, 0.15) is 17.8 Å². The van der Waals surface area contributed by atoms with Gasteiger partial charge >= 0.3 is 0 Å². The van der Waals surface area contributed by atoms with E-state index in [2.05, 4.69) is 9.97 Å². The molecule has 0 radical (unpaired) electrons. The van der Waals surface area contributed by atoms with Crippen molar-refractivity contribution < 1.29 is 14.3 Å². The number of nitrogens with zero attached hydrogens (tertiary/aromatic N) is 3. The lowest BCUT2D eigenvalue weighted by Gasteiger charge is -2.14. The van der Waals surface area contributed by atoms with Crippen molar-refractivity contribution in [1.29, 1.82) is 0 Å². The zero-order valence-electron chi connectivity index (χ0n) is 13.9. The van der Waals surface area contributed by atoms with Crippen molar-refractivity contribution in [3.8, 4) is 5.88 Å². The molecule has 0 saturated heterocycles. The highest BCUT2D eigenvalue weighted by Gasteiger charge is 2.34. The number of carbonyl (C=O) groups is 2. The van der Waals surface area contributed by atoms with E-state index in [0.717, 1.165) is 29.5 Å². The van der Waals surface area contributed by atoms with Crippen molar-refractivity contribution in [2.45, 2.75) is 19.3 Å². The van der Waals surface area contributed by atoms with Crippen LogP contribution < -0.4 is 4.74 Å². The average Bonchev–Trinajstić information content (AvgIpc) is 3.31. The predicted octanol–water partition coefficient (Wildman–Crippen LogP) is 2.86. The van der Waals surface area contributed by atoms with E-state index >= 15 is 0 Å². The quantitative estimate of drug-likeness (QED) is 0.665. The Hall–Kier alpha value is -2.80. The first kappa shape index (κ1) is 15.5. The lowest BCUT2D eigenvalue weighted by molar-refractivity contribution is 0.0630. The average molecular weight is 365 g/mol. The summed E-state index contributed by atoms with van der Waals surface area (Å²) in [6.07, 6.45) is 4.77. The smallest absolute Gasteiger partial charge is 0.261 e. The molecular weight excluding hydrogens is 350 g/mol. The number of aromatic nitrogens is 2. The molecule has 26 heavy (non-hydrogen) atoms. The van der Waals surface area contributed by atoms with E-state index in [9.17, 15) is 9.59 Å². The maximum absolute atomic E-state index is 12.4. The fraction of sp³-hybridized carbons (Fsp3) is 0.263. The number of imide groups is 1. The fourth-order valence-corrected chi connectivity index (χ4v) is 4.90. The molecule has 6 nitrogen and oxygen atoms in total. The number of ether oxygens (including phenoxy) is 1. The Bertz CT molecular complexity index is 1020. The van der Waals surface area contributed by atoms with E-state index in [0.29, 0.717) is 17.0 Å². The third-order valence-corrected chi connectivity index (χ3v) is 6.10. The van der Waals surface area contributed by atoms with Crippen molar-refractivity contribution in [1.82, 2.24) is 14.9 Å². The number of benzene rings is 1. The summed E-state index contributed by atoms with van der Waals surface area (Å²) >= 11 is 1.70. The van der Waals surface area contributed by atoms with E-state index in [1.807, 2.05) is 0 Å². The van der Waals surface area contributed by atoms with Gasteiger partial charge < -0.3 is 4.74 Å². The van der Waals surface area contributed by atoms with E-state index in [1.54, 1.807) is 35.6 Å². The third kappa shape index (κ3) is 2.24. The van der Waals surface area contributed by atoms with Crippen LogP contribution in [0.5, 0.6) is 5.88 Å². The highest BCUT2D eigenvalue weighted by atomic mass is 32.1. The van der Waals surface area contributed by atoms with Gasteiger partial charge in [0.05, 0.1) is 23.1 Å². The monoisotopic (exact) mass is 365 g/mol. The van der Waals surface area contributed by atoms with Gasteiger partial charge in [-0.05, 0) is 37.0 Å². The first-order valence-electron chi connectivity index (χ1n) is 8.57. The van der Waals surface area contributed by atoms with Gasteiger partial charge in [-0.3, -0.25) is 14.5 Å². The van der Waals surface area contributed by atoms with Gasteiger partial charge in [-0.15, -0.1) is 11.3 Å². The van der Waals surface area contributed by atoms with Crippen LogP contribution in [0.1, 0.15) is 37.6 Å². The van der Waals surface area contributed by atoms with Gasteiger partial charge in [-0.1, -0.05) is 12.1 Å². The van der Waals surface area contributed by atoms with Crippen LogP contribution in [0.2, 0.25) is 0 Å². The molecule has 2 amide bonds. The summed E-state index contributed by atoms with van der Waals surface area (Å²) in [6, 6.07) is 6.88. The molecule has 2 aliphatic rings. The second kappa shape index (κ2) is 5.88. The minimum absolute atomic E-state index is 0.199. The van der Waals surface area contributed by atoms with Crippen LogP contribution >= 0.6 is 11.3 Å². The van der Waals surface area contributed by atoms with Crippen LogP contribution in [0.25, 0.3) is 10.2 Å². The molecule has 0 N–H and O–H groups in total. The Morgan fingerprint density at radius 3 is 2.62 bits per heavy atom. The molecule has 0 bridgehead atoms. The van der Waals surface area contributed by atoms with Crippen molar-refractivity contribution >= 4 is 33.4 Å². The molecule has 130 valence electrons. The van der Waals surface area contributed by atoms with Crippen molar-refractivity contribution in [2.75, 3.05) is 13.2 Å². The molecule has 3 heterocycles. The molecule has 3 aromatic rings. The summed E-state index contributed by atoms with van der Waals surface area (Å²) in [5.74, 6) is 0.0166. The fourth-order valence-electron chi connectivity index (χ4n) is 3.68. The molecule has 5 rings (SSSR count). The summed E-state index contributed by atoms with van der Waals surface area (Å²) in [5.41, 5.74) is 2.21. The number of thiophene rings is 1. The van der Waals surface area contributed by atoms with Gasteiger partial charge in [-0.25, -0.2) is 9.97 Å². The Morgan fingerprint density at radius 1 is 1.08 bits per heavy atom. The van der Waals surface area contributed by atoms with E-state index in [1.165, 1.54) is 21.7 Å². The van der Waals surface area contributed by atoms with Crippen LogP contribution in [0.4, 0.5) is 0 Å². The van der Waals surface area contributed by atoms with Crippen molar-refractivity contribution in [3.05, 3.63) is 52.2 Å². The second-order valence-corrected chi connectivity index (χ2v) is 7.46. The lowest BCUT2D eigenvalue weighted by Crippen LogP contribution is -2.33. The number of fused-ring (bicyclic) bond motifs is 4. The van der Waals surface area contributed by atoms with Crippen LogP contribution in [0.3, 0.4) is 0 Å². The van der Waals surface area contributed by atoms with Crippen LogP contribution in [-0.4, -0.2) is 39.8 Å². The number of hydrogen-bond donors (Lipinski definition) is 0. The molecule has 1 aliphatic carbocycles. The van der Waals surface area contributed by atoms with E-state index in [4.69, 9.17) is 4.74 Å². The zero-order chi connectivity index (χ0) is 17.7. The third-order valence-electron chi connectivity index (χ3n) is 4.90. The van der Waals surface area contributed by atoms with Gasteiger partial charge in [-0.2, -0.15) is 0 Å². The molecule has 1 aliphatic heterocycles. The maximum Gasteiger partial charge on any atom is 0.261 e. The molecule has 0 unspecified atom stereocenters. The molecule has 7 heteroatoms. The second-order valence-electron chi connectivity index (χ2n) is 6.37. The standard InChI is InChI=1S/C19H15N3O3S/c23-18-11-4-1-2-5-12(11)19(24)22(18)8-9-25-16-15-13-6-3-7-14(13)26-17(15)21-10-20-16/h1-2,4-5,10H,3,6-9H2. The van der Waals surface area contributed by atoms with Crippen LogP contribution in [0.15, 0.2) is 30.6 Å². The molecule has 0 spiro atoms. The highest BCUT2D eigenvalue weighted by Crippen LogP contribution is 2.39.